The summed E-state index contributed by atoms with van der Waals surface area (Å²) in [4.78, 5) is 0. The normalized spacial score (nSPS) is 11.4. The summed E-state index contributed by atoms with van der Waals surface area (Å²) in [6, 6.07) is 5.45. The second kappa shape index (κ2) is 7.21. The summed E-state index contributed by atoms with van der Waals surface area (Å²) in [6.07, 6.45) is 1.49. The first-order chi connectivity index (χ1) is 9.12. The minimum absolute atomic E-state index is 0.167. The van der Waals surface area contributed by atoms with Crippen LogP contribution in [0.3, 0.4) is 0 Å². The van der Waals surface area contributed by atoms with E-state index in [9.17, 15) is 10.2 Å². The van der Waals surface area contributed by atoms with Crippen molar-refractivity contribution in [3.05, 3.63) is 18.2 Å². The molecule has 0 spiro atoms. The molecule has 0 bridgehead atoms. The van der Waals surface area contributed by atoms with Gasteiger partial charge < -0.3 is 26.0 Å². The van der Waals surface area contributed by atoms with Gasteiger partial charge in [0, 0.05) is 0 Å². The number of aliphatic hydroxyl groups is 2. The van der Waals surface area contributed by atoms with Crippen molar-refractivity contribution >= 4 is 11.4 Å². The molecule has 0 fully saturated rings. The molecule has 0 amide bonds. The number of nitrogen functional groups attached to an aromatic ring is 1. The zero-order valence-electron chi connectivity index (χ0n) is 11.6. The number of hydrogen-bond donors (Lipinski definition) is 4. The zero-order chi connectivity index (χ0) is 14.3. The summed E-state index contributed by atoms with van der Waals surface area (Å²) in [5.74, 6) is 0.618. The first kappa shape index (κ1) is 15.6. The van der Waals surface area contributed by atoms with Crippen LogP contribution in [-0.4, -0.2) is 35.6 Å². The van der Waals surface area contributed by atoms with Gasteiger partial charge in [-0.3, -0.25) is 0 Å². The summed E-state index contributed by atoms with van der Waals surface area (Å²) < 4.78 is 5.55. The summed E-state index contributed by atoms with van der Waals surface area (Å²) in [6.45, 7) is 4.19. The van der Waals surface area contributed by atoms with Gasteiger partial charge in [0.05, 0.1) is 36.7 Å². The number of aliphatic hydroxyl groups excluding tert-OH is 2. The van der Waals surface area contributed by atoms with E-state index < -0.39 is 5.54 Å². The van der Waals surface area contributed by atoms with Crippen LogP contribution < -0.4 is 15.8 Å². The molecule has 0 aliphatic rings. The molecule has 0 heterocycles. The van der Waals surface area contributed by atoms with Gasteiger partial charge in [0.1, 0.15) is 5.75 Å². The largest absolute Gasteiger partial charge is 0.491 e. The van der Waals surface area contributed by atoms with Crippen molar-refractivity contribution in [3.8, 4) is 5.75 Å². The molecule has 5 N–H and O–H groups in total. The molecule has 19 heavy (non-hydrogen) atoms. The molecule has 0 aliphatic carbocycles. The number of ether oxygens (including phenoxy) is 1. The van der Waals surface area contributed by atoms with Gasteiger partial charge in [-0.1, -0.05) is 19.9 Å². The molecule has 0 unspecified atom stereocenters. The van der Waals surface area contributed by atoms with E-state index in [0.29, 0.717) is 30.2 Å². The number of para-hydroxylation sites is 1. The molecule has 0 atom stereocenters. The van der Waals surface area contributed by atoms with Crippen LogP contribution in [0.4, 0.5) is 11.4 Å². The number of benzene rings is 1. The third kappa shape index (κ3) is 3.75. The molecule has 5 heteroatoms. The number of nitrogens with one attached hydrogen (secondary N) is 1. The molecule has 1 aromatic carbocycles. The molecule has 0 saturated heterocycles. The minimum Gasteiger partial charge on any atom is -0.491 e. The fraction of sp³-hybridized carbons (Fsp3) is 0.571. The van der Waals surface area contributed by atoms with E-state index in [0.717, 1.165) is 6.42 Å². The Morgan fingerprint density at radius 2 is 1.95 bits per heavy atom. The average molecular weight is 268 g/mol. The summed E-state index contributed by atoms with van der Waals surface area (Å²) in [5, 5.41) is 22.0. The maximum absolute atomic E-state index is 9.44. The SMILES string of the molecule is CCCOc1cccc(NC(CC)(CO)CO)c1N. The maximum Gasteiger partial charge on any atom is 0.144 e. The van der Waals surface area contributed by atoms with E-state index in [-0.39, 0.29) is 13.2 Å². The molecule has 0 aromatic heterocycles. The van der Waals surface area contributed by atoms with Gasteiger partial charge in [0.2, 0.25) is 0 Å². The monoisotopic (exact) mass is 268 g/mol. The van der Waals surface area contributed by atoms with Gasteiger partial charge in [-0.15, -0.1) is 0 Å². The summed E-state index contributed by atoms with van der Waals surface area (Å²) in [5.41, 5.74) is 6.44. The smallest absolute Gasteiger partial charge is 0.144 e. The first-order valence-electron chi connectivity index (χ1n) is 6.63. The molecule has 1 aromatic rings. The van der Waals surface area contributed by atoms with E-state index >= 15 is 0 Å². The van der Waals surface area contributed by atoms with Crippen LogP contribution in [0.5, 0.6) is 5.75 Å². The Hall–Kier alpha value is -1.46. The van der Waals surface area contributed by atoms with E-state index in [1.165, 1.54) is 0 Å². The fourth-order valence-electron chi connectivity index (χ4n) is 1.72. The standard InChI is InChI=1S/C14H24N2O3/c1-3-8-19-12-7-5-6-11(13(12)15)16-14(4-2,9-17)10-18/h5-7,16-18H,3-4,8-10,15H2,1-2H3. The van der Waals surface area contributed by atoms with Crippen LogP contribution in [0.1, 0.15) is 26.7 Å². The van der Waals surface area contributed by atoms with E-state index in [1.54, 1.807) is 0 Å². The van der Waals surface area contributed by atoms with Crippen LogP contribution >= 0.6 is 0 Å². The lowest BCUT2D eigenvalue weighted by atomic mass is 9.97. The quantitative estimate of drug-likeness (QED) is 0.538. The van der Waals surface area contributed by atoms with Crippen molar-refractivity contribution in [1.29, 1.82) is 0 Å². The average Bonchev–Trinajstić information content (AvgIpc) is 2.45. The highest BCUT2D eigenvalue weighted by molar-refractivity contribution is 5.73. The van der Waals surface area contributed by atoms with Crippen LogP contribution in [-0.2, 0) is 0 Å². The lowest BCUT2D eigenvalue weighted by molar-refractivity contribution is 0.132. The van der Waals surface area contributed by atoms with Crippen molar-refractivity contribution in [3.63, 3.8) is 0 Å². The van der Waals surface area contributed by atoms with Gasteiger partial charge in [-0.05, 0) is 25.0 Å². The Morgan fingerprint density at radius 1 is 1.26 bits per heavy atom. The fourth-order valence-corrected chi connectivity index (χ4v) is 1.72. The molecular weight excluding hydrogens is 244 g/mol. The Morgan fingerprint density at radius 3 is 2.47 bits per heavy atom. The van der Waals surface area contributed by atoms with Gasteiger partial charge in [-0.25, -0.2) is 0 Å². The molecule has 0 aliphatic heterocycles. The van der Waals surface area contributed by atoms with Crippen molar-refractivity contribution in [1.82, 2.24) is 0 Å². The van der Waals surface area contributed by atoms with Crippen molar-refractivity contribution < 1.29 is 14.9 Å². The molecule has 5 nitrogen and oxygen atoms in total. The lowest BCUT2D eigenvalue weighted by Crippen LogP contribution is -2.45. The predicted molar refractivity (Wildman–Crippen MR) is 77.5 cm³/mol. The second-order valence-corrected chi connectivity index (χ2v) is 4.64. The summed E-state index contributed by atoms with van der Waals surface area (Å²) >= 11 is 0. The summed E-state index contributed by atoms with van der Waals surface area (Å²) in [7, 11) is 0. The van der Waals surface area contributed by atoms with E-state index in [1.807, 2.05) is 32.0 Å². The molecule has 1 rings (SSSR count). The van der Waals surface area contributed by atoms with Crippen molar-refractivity contribution in [2.75, 3.05) is 30.9 Å². The van der Waals surface area contributed by atoms with Crippen LogP contribution in [0, 0.1) is 0 Å². The third-order valence-electron chi connectivity index (χ3n) is 3.21. The molecule has 0 radical (unpaired) electrons. The van der Waals surface area contributed by atoms with Crippen molar-refractivity contribution in [2.24, 2.45) is 0 Å². The van der Waals surface area contributed by atoms with Crippen LogP contribution in [0.25, 0.3) is 0 Å². The van der Waals surface area contributed by atoms with Crippen LogP contribution in [0.2, 0.25) is 0 Å². The van der Waals surface area contributed by atoms with E-state index in [4.69, 9.17) is 10.5 Å². The number of rotatable bonds is 8. The first-order valence-corrected chi connectivity index (χ1v) is 6.63. The highest BCUT2D eigenvalue weighted by Crippen LogP contribution is 2.32. The number of hydrogen-bond acceptors (Lipinski definition) is 5. The Balaban J connectivity index is 2.94. The molecule has 108 valence electrons. The van der Waals surface area contributed by atoms with Gasteiger partial charge >= 0.3 is 0 Å². The maximum atomic E-state index is 9.44. The molecule has 0 saturated carbocycles. The third-order valence-corrected chi connectivity index (χ3v) is 3.21. The van der Waals surface area contributed by atoms with Crippen molar-refractivity contribution in [2.45, 2.75) is 32.2 Å². The highest BCUT2D eigenvalue weighted by atomic mass is 16.5. The predicted octanol–water partition coefficient (Wildman–Crippen LogP) is 1.60. The Bertz CT molecular complexity index is 384. The van der Waals surface area contributed by atoms with E-state index in [2.05, 4.69) is 5.32 Å². The Kier molecular flexibility index (Phi) is 5.92. The topological polar surface area (TPSA) is 87.7 Å². The van der Waals surface area contributed by atoms with Gasteiger partial charge in [-0.2, -0.15) is 0 Å². The Labute approximate surface area is 114 Å². The lowest BCUT2D eigenvalue weighted by Gasteiger charge is -2.31. The number of anilines is 2. The van der Waals surface area contributed by atoms with Gasteiger partial charge in [0.15, 0.2) is 0 Å². The molecular formula is C14H24N2O3. The van der Waals surface area contributed by atoms with Gasteiger partial charge in [0.25, 0.3) is 0 Å². The minimum atomic E-state index is -0.766. The van der Waals surface area contributed by atoms with Crippen LogP contribution in [0.15, 0.2) is 18.2 Å². The number of nitrogens with two attached hydrogens (primary N) is 1. The highest BCUT2D eigenvalue weighted by Gasteiger charge is 2.27. The zero-order valence-corrected chi connectivity index (χ0v) is 11.6. The second-order valence-electron chi connectivity index (χ2n) is 4.64.